The monoisotopic (exact) mass is 305 g/mol. The summed E-state index contributed by atoms with van der Waals surface area (Å²) in [7, 11) is 1.36. The maximum Gasteiger partial charge on any atom is 0.311 e. The molecule has 3 aromatic rings. The van der Waals surface area contributed by atoms with Crippen molar-refractivity contribution in [3.8, 4) is 17.3 Å². The van der Waals surface area contributed by atoms with Crippen LogP contribution in [-0.2, 0) is 16.0 Å². The summed E-state index contributed by atoms with van der Waals surface area (Å²) in [4.78, 5) is 16.4. The quantitative estimate of drug-likeness (QED) is 0.698. The van der Waals surface area contributed by atoms with E-state index in [0.717, 1.165) is 16.8 Å². The van der Waals surface area contributed by atoms with Gasteiger partial charge in [-0.15, -0.1) is 0 Å². The number of benzene rings is 1. The lowest BCUT2D eigenvalue weighted by atomic mass is 10.1. The molecule has 0 radical (unpaired) electrons. The van der Waals surface area contributed by atoms with E-state index in [2.05, 4.69) is 11.1 Å². The van der Waals surface area contributed by atoms with Crippen molar-refractivity contribution in [3.63, 3.8) is 0 Å². The van der Waals surface area contributed by atoms with Crippen LogP contribution in [0.3, 0.4) is 0 Å². The molecule has 0 aliphatic heterocycles. The highest BCUT2D eigenvalue weighted by molar-refractivity contribution is 5.77. The van der Waals surface area contributed by atoms with Crippen molar-refractivity contribution in [2.75, 3.05) is 7.11 Å². The Labute approximate surface area is 133 Å². The van der Waals surface area contributed by atoms with E-state index in [4.69, 9.17) is 10.00 Å². The van der Waals surface area contributed by atoms with E-state index in [1.807, 2.05) is 31.2 Å². The van der Waals surface area contributed by atoms with Crippen molar-refractivity contribution in [2.24, 2.45) is 0 Å². The van der Waals surface area contributed by atoms with Gasteiger partial charge in [0, 0.05) is 11.8 Å². The van der Waals surface area contributed by atoms with Gasteiger partial charge < -0.3 is 9.14 Å². The number of carbonyl (C=O) groups is 1. The summed E-state index contributed by atoms with van der Waals surface area (Å²) in [5.41, 5.74) is 4.73. The molecule has 0 atom stereocenters. The molecule has 0 spiro atoms. The molecule has 0 aliphatic rings. The minimum absolute atomic E-state index is 0.0930. The SMILES string of the molecule is COC(=O)Cc1c(-c2ccc(C)cc2)nc2ccc(C#N)cn12. The lowest BCUT2D eigenvalue weighted by Crippen LogP contribution is -2.08. The molecule has 1 aromatic carbocycles. The molecule has 114 valence electrons. The van der Waals surface area contributed by atoms with Crippen molar-refractivity contribution in [2.45, 2.75) is 13.3 Å². The van der Waals surface area contributed by atoms with Crippen LogP contribution >= 0.6 is 0 Å². The predicted octanol–water partition coefficient (Wildman–Crippen LogP) is 2.90. The molecular weight excluding hydrogens is 290 g/mol. The second kappa shape index (κ2) is 5.93. The number of esters is 1. The Morgan fingerprint density at radius 3 is 2.65 bits per heavy atom. The van der Waals surface area contributed by atoms with Gasteiger partial charge in [-0.3, -0.25) is 4.79 Å². The van der Waals surface area contributed by atoms with Gasteiger partial charge in [-0.2, -0.15) is 5.26 Å². The number of carbonyl (C=O) groups excluding carboxylic acids is 1. The first-order valence-corrected chi connectivity index (χ1v) is 7.17. The smallest absolute Gasteiger partial charge is 0.311 e. The Bertz CT molecular complexity index is 918. The van der Waals surface area contributed by atoms with Gasteiger partial charge in [0.2, 0.25) is 0 Å². The molecule has 0 saturated carbocycles. The largest absolute Gasteiger partial charge is 0.469 e. The Morgan fingerprint density at radius 2 is 2.00 bits per heavy atom. The van der Waals surface area contributed by atoms with Gasteiger partial charge in [0.15, 0.2) is 0 Å². The second-order valence-electron chi connectivity index (χ2n) is 5.28. The molecule has 0 saturated heterocycles. The zero-order chi connectivity index (χ0) is 16.4. The predicted molar refractivity (Wildman–Crippen MR) is 85.8 cm³/mol. The fourth-order valence-electron chi connectivity index (χ4n) is 2.48. The highest BCUT2D eigenvalue weighted by Crippen LogP contribution is 2.26. The molecule has 0 fully saturated rings. The number of hydrogen-bond donors (Lipinski definition) is 0. The molecule has 3 rings (SSSR count). The number of imidazole rings is 1. The molecular formula is C18H15N3O2. The van der Waals surface area contributed by atoms with Crippen LogP contribution in [0.15, 0.2) is 42.6 Å². The summed E-state index contributed by atoms with van der Waals surface area (Å²) in [6.45, 7) is 2.02. The lowest BCUT2D eigenvalue weighted by molar-refractivity contribution is -0.139. The molecule has 23 heavy (non-hydrogen) atoms. The second-order valence-corrected chi connectivity index (χ2v) is 5.28. The van der Waals surface area contributed by atoms with Crippen LogP contribution in [0.25, 0.3) is 16.9 Å². The number of ether oxygens (including phenoxy) is 1. The highest BCUT2D eigenvalue weighted by atomic mass is 16.5. The van der Waals surface area contributed by atoms with E-state index >= 15 is 0 Å². The molecule has 0 unspecified atom stereocenters. The standard InChI is InChI=1S/C18H15N3O2/c1-12-3-6-14(7-4-12)18-15(9-17(22)23-2)21-11-13(10-19)5-8-16(21)20-18/h3-8,11H,9H2,1-2H3. The fourth-order valence-corrected chi connectivity index (χ4v) is 2.48. The van der Waals surface area contributed by atoms with Crippen molar-refractivity contribution < 1.29 is 9.53 Å². The number of aryl methyl sites for hydroxylation is 1. The number of fused-ring (bicyclic) bond motifs is 1. The Morgan fingerprint density at radius 1 is 1.26 bits per heavy atom. The third kappa shape index (κ3) is 2.79. The van der Waals surface area contributed by atoms with Crippen LogP contribution in [0.5, 0.6) is 0 Å². The van der Waals surface area contributed by atoms with Crippen LogP contribution in [0.1, 0.15) is 16.8 Å². The summed E-state index contributed by atoms with van der Waals surface area (Å²) < 4.78 is 6.58. The maximum atomic E-state index is 11.8. The highest BCUT2D eigenvalue weighted by Gasteiger charge is 2.17. The number of hydrogen-bond acceptors (Lipinski definition) is 4. The molecule has 0 bridgehead atoms. The van der Waals surface area contributed by atoms with Crippen LogP contribution in [0.2, 0.25) is 0 Å². The number of rotatable bonds is 3. The fraction of sp³-hybridized carbons (Fsp3) is 0.167. The van der Waals surface area contributed by atoms with E-state index in [-0.39, 0.29) is 12.4 Å². The summed E-state index contributed by atoms with van der Waals surface area (Å²) >= 11 is 0. The molecule has 0 amide bonds. The van der Waals surface area contributed by atoms with E-state index in [1.165, 1.54) is 7.11 Å². The average molecular weight is 305 g/mol. The van der Waals surface area contributed by atoms with E-state index in [0.29, 0.717) is 16.9 Å². The number of nitrogens with zero attached hydrogens (tertiary/aromatic N) is 3. The lowest BCUT2D eigenvalue weighted by Gasteiger charge is -2.05. The number of pyridine rings is 1. The molecule has 2 heterocycles. The minimum Gasteiger partial charge on any atom is -0.469 e. The summed E-state index contributed by atoms with van der Waals surface area (Å²) in [6, 6.07) is 13.5. The molecule has 0 N–H and O–H groups in total. The Hall–Kier alpha value is -3.13. The zero-order valence-corrected chi connectivity index (χ0v) is 12.9. The zero-order valence-electron chi connectivity index (χ0n) is 12.9. The first-order valence-electron chi connectivity index (χ1n) is 7.17. The third-order valence-electron chi connectivity index (χ3n) is 3.71. The summed E-state index contributed by atoms with van der Waals surface area (Å²) in [6.07, 6.45) is 1.79. The molecule has 0 aliphatic carbocycles. The topological polar surface area (TPSA) is 67.4 Å². The first kappa shape index (κ1) is 14.8. The van der Waals surface area contributed by atoms with Gasteiger partial charge in [0.05, 0.1) is 30.5 Å². The van der Waals surface area contributed by atoms with Gasteiger partial charge in [-0.1, -0.05) is 29.8 Å². The molecule has 5 heteroatoms. The number of methoxy groups -OCH3 is 1. The minimum atomic E-state index is -0.345. The van der Waals surface area contributed by atoms with E-state index < -0.39 is 0 Å². The normalized spacial score (nSPS) is 10.5. The van der Waals surface area contributed by atoms with Crippen LogP contribution in [0, 0.1) is 18.3 Å². The summed E-state index contributed by atoms with van der Waals surface area (Å²) in [5.74, 6) is -0.345. The summed E-state index contributed by atoms with van der Waals surface area (Å²) in [5, 5.41) is 9.10. The first-order chi connectivity index (χ1) is 11.1. The average Bonchev–Trinajstić information content (AvgIpc) is 2.93. The van der Waals surface area contributed by atoms with Gasteiger partial charge in [-0.05, 0) is 19.1 Å². The van der Waals surface area contributed by atoms with Crippen LogP contribution < -0.4 is 0 Å². The van der Waals surface area contributed by atoms with Crippen molar-refractivity contribution in [1.82, 2.24) is 9.38 Å². The number of nitriles is 1. The van der Waals surface area contributed by atoms with Crippen molar-refractivity contribution >= 4 is 11.6 Å². The van der Waals surface area contributed by atoms with Crippen LogP contribution in [0.4, 0.5) is 0 Å². The van der Waals surface area contributed by atoms with Gasteiger partial charge in [-0.25, -0.2) is 4.98 Å². The third-order valence-corrected chi connectivity index (χ3v) is 3.71. The van der Waals surface area contributed by atoms with E-state index in [1.54, 1.807) is 22.7 Å². The van der Waals surface area contributed by atoms with Crippen molar-refractivity contribution in [3.05, 3.63) is 59.4 Å². The van der Waals surface area contributed by atoms with E-state index in [9.17, 15) is 4.79 Å². The Balaban J connectivity index is 2.23. The van der Waals surface area contributed by atoms with Gasteiger partial charge in [0.1, 0.15) is 11.7 Å². The molecule has 5 nitrogen and oxygen atoms in total. The number of aromatic nitrogens is 2. The Kier molecular flexibility index (Phi) is 3.82. The van der Waals surface area contributed by atoms with Crippen molar-refractivity contribution in [1.29, 1.82) is 5.26 Å². The van der Waals surface area contributed by atoms with Gasteiger partial charge >= 0.3 is 5.97 Å². The van der Waals surface area contributed by atoms with Crippen LogP contribution in [-0.4, -0.2) is 22.5 Å². The molecule has 2 aromatic heterocycles. The maximum absolute atomic E-state index is 11.8. The van der Waals surface area contributed by atoms with Gasteiger partial charge in [0.25, 0.3) is 0 Å².